The Kier molecular flexibility index (Phi) is 5.13. The summed E-state index contributed by atoms with van der Waals surface area (Å²) in [4.78, 5) is 29.5. The van der Waals surface area contributed by atoms with Crippen LogP contribution < -0.4 is 5.32 Å². The van der Waals surface area contributed by atoms with Gasteiger partial charge in [-0.3, -0.25) is 19.5 Å². The van der Waals surface area contributed by atoms with Gasteiger partial charge in [0.25, 0.3) is 0 Å². The van der Waals surface area contributed by atoms with Crippen molar-refractivity contribution in [1.82, 2.24) is 4.90 Å². The first-order chi connectivity index (χ1) is 9.92. The van der Waals surface area contributed by atoms with Gasteiger partial charge in [0.2, 0.25) is 11.8 Å². The second-order valence-corrected chi connectivity index (χ2v) is 6.37. The average molecular weight is 346 g/mol. The molecule has 5 nitrogen and oxygen atoms in total. The highest BCUT2D eigenvalue weighted by Gasteiger charge is 2.33. The van der Waals surface area contributed by atoms with Crippen molar-refractivity contribution in [1.29, 1.82) is 0 Å². The maximum Gasteiger partial charge on any atom is 0.238 e. The quantitative estimate of drug-likeness (QED) is 0.896. The molecule has 1 heterocycles. The van der Waals surface area contributed by atoms with Gasteiger partial charge in [0.1, 0.15) is 5.25 Å². The minimum atomic E-state index is -0.512. The third kappa shape index (κ3) is 3.70. The Morgan fingerprint density at radius 2 is 2.14 bits per heavy atom. The molecule has 1 aromatic carbocycles. The summed E-state index contributed by atoms with van der Waals surface area (Å²) in [6.45, 7) is 0. The number of nitrogens with one attached hydrogen (secondary N) is 1. The number of halogens is 2. The lowest BCUT2D eigenvalue weighted by Crippen LogP contribution is -2.43. The molecule has 1 saturated heterocycles. The number of thioether (sulfide) groups is 1. The third-order valence-electron chi connectivity index (χ3n) is 2.94. The molecule has 0 aromatic heterocycles. The van der Waals surface area contributed by atoms with E-state index in [0.717, 1.165) is 0 Å². The van der Waals surface area contributed by atoms with Gasteiger partial charge < -0.3 is 5.32 Å². The number of benzene rings is 1. The molecule has 0 saturated carbocycles. The van der Waals surface area contributed by atoms with E-state index in [1.165, 1.54) is 16.7 Å². The molecule has 2 amide bonds. The summed E-state index contributed by atoms with van der Waals surface area (Å²) in [5, 5.41) is 3.52. The van der Waals surface area contributed by atoms with Crippen LogP contribution >= 0.6 is 35.0 Å². The lowest BCUT2D eigenvalue weighted by molar-refractivity contribution is -0.128. The van der Waals surface area contributed by atoms with E-state index in [4.69, 9.17) is 23.2 Å². The van der Waals surface area contributed by atoms with E-state index in [1.54, 1.807) is 32.3 Å². The first-order valence-corrected chi connectivity index (χ1v) is 7.72. The summed E-state index contributed by atoms with van der Waals surface area (Å²) in [7, 11) is 3.23. The van der Waals surface area contributed by atoms with Crippen molar-refractivity contribution in [3.8, 4) is 0 Å². The smallest absolute Gasteiger partial charge is 0.238 e. The summed E-state index contributed by atoms with van der Waals surface area (Å²) >= 11 is 13.0. The van der Waals surface area contributed by atoms with Gasteiger partial charge in [-0.2, -0.15) is 0 Å². The molecule has 1 aromatic rings. The SMILES string of the molecule is CN=C1S[C@@H](C(=O)Nc2ccc(Cl)c(Cl)c2)CC(=O)N1C. The largest absolute Gasteiger partial charge is 0.325 e. The highest BCUT2D eigenvalue weighted by Crippen LogP contribution is 2.28. The van der Waals surface area contributed by atoms with Gasteiger partial charge in [-0.1, -0.05) is 35.0 Å². The molecule has 8 heteroatoms. The van der Waals surface area contributed by atoms with Crippen molar-refractivity contribution in [2.45, 2.75) is 11.7 Å². The molecule has 2 rings (SSSR count). The van der Waals surface area contributed by atoms with E-state index >= 15 is 0 Å². The highest BCUT2D eigenvalue weighted by atomic mass is 35.5. The number of aliphatic imine (C=N–C) groups is 1. The van der Waals surface area contributed by atoms with Crippen LogP contribution in [0.15, 0.2) is 23.2 Å². The summed E-state index contributed by atoms with van der Waals surface area (Å²) in [5.74, 6) is -0.398. The molecule has 0 bridgehead atoms. The third-order valence-corrected chi connectivity index (χ3v) is 5.01. The number of amidine groups is 1. The van der Waals surface area contributed by atoms with Crippen LogP contribution in [0.1, 0.15) is 6.42 Å². The van der Waals surface area contributed by atoms with Crippen molar-refractivity contribution in [2.75, 3.05) is 19.4 Å². The number of carbonyl (C=O) groups excluding carboxylic acids is 2. The Hall–Kier alpha value is -1.24. The maximum atomic E-state index is 12.2. The first kappa shape index (κ1) is 16.1. The lowest BCUT2D eigenvalue weighted by Gasteiger charge is -2.28. The number of carbonyl (C=O) groups is 2. The second kappa shape index (κ2) is 6.68. The van der Waals surface area contributed by atoms with Gasteiger partial charge in [-0.25, -0.2) is 0 Å². The van der Waals surface area contributed by atoms with E-state index in [9.17, 15) is 9.59 Å². The summed E-state index contributed by atoms with van der Waals surface area (Å²) in [5.41, 5.74) is 0.538. The molecular weight excluding hydrogens is 333 g/mol. The van der Waals surface area contributed by atoms with E-state index in [0.29, 0.717) is 20.9 Å². The summed E-state index contributed by atoms with van der Waals surface area (Å²) in [6.07, 6.45) is 0.132. The molecule has 1 N–H and O–H groups in total. The Morgan fingerprint density at radius 3 is 2.76 bits per heavy atom. The molecule has 1 aliphatic rings. The van der Waals surface area contributed by atoms with E-state index in [-0.39, 0.29) is 18.2 Å². The monoisotopic (exact) mass is 345 g/mol. The van der Waals surface area contributed by atoms with E-state index < -0.39 is 5.25 Å². The fourth-order valence-electron chi connectivity index (χ4n) is 1.80. The van der Waals surface area contributed by atoms with Crippen molar-refractivity contribution >= 4 is 57.6 Å². The van der Waals surface area contributed by atoms with E-state index in [2.05, 4.69) is 10.3 Å². The Bertz CT molecular complexity index is 621. The van der Waals surface area contributed by atoms with Gasteiger partial charge >= 0.3 is 0 Å². The van der Waals surface area contributed by atoms with Gasteiger partial charge in [-0.15, -0.1) is 0 Å². The molecule has 1 aliphatic heterocycles. The molecule has 0 spiro atoms. The van der Waals surface area contributed by atoms with Crippen molar-refractivity contribution < 1.29 is 9.59 Å². The molecular formula is C13H13Cl2N3O2S. The van der Waals surface area contributed by atoms with Crippen LogP contribution in [0.3, 0.4) is 0 Å². The minimum absolute atomic E-state index is 0.132. The molecule has 1 atom stereocenters. The maximum absolute atomic E-state index is 12.2. The second-order valence-electron chi connectivity index (χ2n) is 4.39. The Labute approximate surface area is 136 Å². The summed E-state index contributed by atoms with van der Waals surface area (Å²) in [6, 6.07) is 4.83. The zero-order valence-corrected chi connectivity index (χ0v) is 13.7. The highest BCUT2D eigenvalue weighted by molar-refractivity contribution is 8.15. The zero-order valence-electron chi connectivity index (χ0n) is 11.4. The number of amides is 2. The fourth-order valence-corrected chi connectivity index (χ4v) is 3.11. The van der Waals surface area contributed by atoms with Crippen LogP contribution in [-0.2, 0) is 9.59 Å². The molecule has 1 fully saturated rings. The first-order valence-electron chi connectivity index (χ1n) is 6.08. The van der Waals surface area contributed by atoms with Crippen LogP contribution in [0.4, 0.5) is 5.69 Å². The lowest BCUT2D eigenvalue weighted by atomic mass is 10.2. The van der Waals surface area contributed by atoms with E-state index in [1.807, 2.05) is 0 Å². The average Bonchev–Trinajstić information content (AvgIpc) is 2.45. The van der Waals surface area contributed by atoms with Gasteiger partial charge in [0.05, 0.1) is 10.0 Å². The molecule has 21 heavy (non-hydrogen) atoms. The molecule has 0 aliphatic carbocycles. The Balaban J connectivity index is 2.09. The van der Waals surface area contributed by atoms with Crippen LogP contribution in [0, 0.1) is 0 Å². The number of rotatable bonds is 2. The summed E-state index contributed by atoms with van der Waals surface area (Å²) < 4.78 is 0. The molecule has 112 valence electrons. The molecule has 0 unspecified atom stereocenters. The number of anilines is 1. The fraction of sp³-hybridized carbons (Fsp3) is 0.308. The van der Waals surface area contributed by atoms with Crippen molar-refractivity contribution in [3.63, 3.8) is 0 Å². The standard InChI is InChI=1S/C13H13Cl2N3O2S/c1-16-13-18(2)11(19)6-10(21-13)12(20)17-7-3-4-8(14)9(15)5-7/h3-5,10H,6H2,1-2H3,(H,17,20)/t10-/m1/s1. The van der Waals surface area contributed by atoms with Gasteiger partial charge in [0.15, 0.2) is 5.17 Å². The zero-order chi connectivity index (χ0) is 15.6. The van der Waals surface area contributed by atoms with Crippen LogP contribution in [0.25, 0.3) is 0 Å². The van der Waals surface area contributed by atoms with Crippen molar-refractivity contribution in [3.05, 3.63) is 28.2 Å². The topological polar surface area (TPSA) is 61.8 Å². The molecule has 0 radical (unpaired) electrons. The van der Waals surface area contributed by atoms with Crippen molar-refractivity contribution in [2.24, 2.45) is 4.99 Å². The van der Waals surface area contributed by atoms with Crippen LogP contribution in [-0.4, -0.2) is 41.2 Å². The Morgan fingerprint density at radius 1 is 1.43 bits per heavy atom. The van der Waals surface area contributed by atoms with Gasteiger partial charge in [-0.05, 0) is 18.2 Å². The number of hydrogen-bond donors (Lipinski definition) is 1. The van der Waals surface area contributed by atoms with Gasteiger partial charge in [0, 0.05) is 26.2 Å². The van der Waals surface area contributed by atoms with Crippen LogP contribution in [0.2, 0.25) is 10.0 Å². The minimum Gasteiger partial charge on any atom is -0.325 e. The van der Waals surface area contributed by atoms with Crippen LogP contribution in [0.5, 0.6) is 0 Å². The number of nitrogens with zero attached hydrogens (tertiary/aromatic N) is 2. The predicted octanol–water partition coefficient (Wildman–Crippen LogP) is 2.88. The predicted molar refractivity (Wildman–Crippen MR) is 87.2 cm³/mol. The number of hydrogen-bond acceptors (Lipinski definition) is 4. The normalized spacial score (nSPS) is 20.8.